The van der Waals surface area contributed by atoms with Crippen LogP contribution in [0.1, 0.15) is 24.8 Å². The lowest BCUT2D eigenvalue weighted by Gasteiger charge is -2.43. The molecule has 164 valence electrons. The van der Waals surface area contributed by atoms with E-state index in [0.29, 0.717) is 30.4 Å². The summed E-state index contributed by atoms with van der Waals surface area (Å²) in [6.45, 7) is -0.525. The number of carbonyl (C=O) groups excluding carboxylic acids is 1. The summed E-state index contributed by atoms with van der Waals surface area (Å²) in [4.78, 5) is 12.9. The molecular formula is C21H26O9. The Morgan fingerprint density at radius 1 is 1.03 bits per heavy atom. The molecule has 1 aromatic carbocycles. The maximum absolute atomic E-state index is 12.9. The molecule has 2 heterocycles. The Hall–Kier alpha value is -2.01. The highest BCUT2D eigenvalue weighted by Crippen LogP contribution is 2.38. The van der Waals surface area contributed by atoms with E-state index in [0.717, 1.165) is 0 Å². The molecule has 1 aliphatic carbocycles. The van der Waals surface area contributed by atoms with Crippen LogP contribution in [0.2, 0.25) is 0 Å². The summed E-state index contributed by atoms with van der Waals surface area (Å²) < 4.78 is 17.0. The van der Waals surface area contributed by atoms with Gasteiger partial charge < -0.3 is 39.7 Å². The number of fused-ring (bicyclic) bond motifs is 1. The van der Waals surface area contributed by atoms with E-state index in [9.17, 15) is 30.3 Å². The number of carbonyl (C=O) groups is 1. The van der Waals surface area contributed by atoms with Crippen molar-refractivity contribution >= 4 is 11.4 Å². The number of phenolic OH excluding ortho intramolecular Hbond substituents is 1. The molecule has 0 aromatic heterocycles. The first kappa shape index (κ1) is 21.2. The van der Waals surface area contributed by atoms with E-state index in [1.54, 1.807) is 12.1 Å². The van der Waals surface area contributed by atoms with E-state index in [4.69, 9.17) is 14.2 Å². The number of ether oxygens (including phenoxy) is 3. The zero-order valence-corrected chi connectivity index (χ0v) is 16.2. The summed E-state index contributed by atoms with van der Waals surface area (Å²) in [6, 6.07) is 6.36. The van der Waals surface area contributed by atoms with Gasteiger partial charge in [0.25, 0.3) is 0 Å². The molecular weight excluding hydrogens is 396 g/mol. The summed E-state index contributed by atoms with van der Waals surface area (Å²) >= 11 is 0. The second kappa shape index (κ2) is 8.62. The highest BCUT2D eigenvalue weighted by molar-refractivity contribution is 6.22. The van der Waals surface area contributed by atoms with Gasteiger partial charge in [-0.3, -0.25) is 4.79 Å². The fourth-order valence-corrected chi connectivity index (χ4v) is 4.30. The van der Waals surface area contributed by atoms with Crippen LogP contribution >= 0.6 is 0 Å². The van der Waals surface area contributed by atoms with Crippen LogP contribution in [0.3, 0.4) is 0 Å². The van der Waals surface area contributed by atoms with Crippen LogP contribution in [0.25, 0.3) is 5.57 Å². The lowest BCUT2D eigenvalue weighted by atomic mass is 9.78. The largest absolute Gasteiger partial charge is 0.508 e. The number of ketones is 1. The van der Waals surface area contributed by atoms with Gasteiger partial charge in [-0.2, -0.15) is 0 Å². The van der Waals surface area contributed by atoms with Crippen molar-refractivity contribution in [3.8, 4) is 5.75 Å². The zero-order valence-electron chi connectivity index (χ0n) is 16.2. The Morgan fingerprint density at radius 3 is 2.47 bits per heavy atom. The van der Waals surface area contributed by atoms with Gasteiger partial charge in [0.1, 0.15) is 36.3 Å². The number of phenols is 1. The molecule has 3 unspecified atom stereocenters. The minimum Gasteiger partial charge on any atom is -0.508 e. The van der Waals surface area contributed by atoms with Crippen molar-refractivity contribution in [2.45, 2.75) is 62.2 Å². The van der Waals surface area contributed by atoms with Crippen LogP contribution in [-0.4, -0.2) is 80.8 Å². The number of hydrogen-bond acceptors (Lipinski definition) is 9. The Bertz CT molecular complexity index is 790. The van der Waals surface area contributed by atoms with Gasteiger partial charge in [-0.15, -0.1) is 0 Å². The number of benzene rings is 1. The Balaban J connectivity index is 1.41. The average Bonchev–Trinajstić information content (AvgIpc) is 2.75. The van der Waals surface area contributed by atoms with Gasteiger partial charge in [0.2, 0.25) is 0 Å². The summed E-state index contributed by atoms with van der Waals surface area (Å²) in [7, 11) is 0. The quantitative estimate of drug-likeness (QED) is 0.441. The number of hydrogen-bond donors (Lipinski definition) is 5. The number of aliphatic hydroxyl groups excluding tert-OH is 4. The van der Waals surface area contributed by atoms with E-state index in [1.165, 1.54) is 18.4 Å². The minimum atomic E-state index is -1.50. The molecule has 3 aliphatic rings. The lowest BCUT2D eigenvalue weighted by molar-refractivity contribution is -0.314. The van der Waals surface area contributed by atoms with Crippen LogP contribution in [0.4, 0.5) is 0 Å². The molecule has 30 heavy (non-hydrogen) atoms. The maximum Gasteiger partial charge on any atom is 0.186 e. The van der Waals surface area contributed by atoms with Crippen molar-refractivity contribution in [1.29, 1.82) is 0 Å². The predicted octanol–water partition coefficient (Wildman–Crippen LogP) is -0.314. The van der Waals surface area contributed by atoms with Gasteiger partial charge in [0.15, 0.2) is 12.1 Å². The van der Waals surface area contributed by atoms with Crippen LogP contribution in [0.15, 0.2) is 30.5 Å². The smallest absolute Gasteiger partial charge is 0.186 e. The average molecular weight is 422 g/mol. The molecule has 2 aliphatic heterocycles. The minimum absolute atomic E-state index is 0.0248. The second-order valence-corrected chi connectivity index (χ2v) is 7.99. The van der Waals surface area contributed by atoms with Gasteiger partial charge in [0, 0.05) is 6.42 Å². The van der Waals surface area contributed by atoms with Crippen LogP contribution in [-0.2, 0) is 19.0 Å². The monoisotopic (exact) mass is 422 g/mol. The molecule has 0 radical (unpaired) electrons. The van der Waals surface area contributed by atoms with Crippen molar-refractivity contribution in [2.24, 2.45) is 5.92 Å². The second-order valence-electron chi connectivity index (χ2n) is 7.99. The zero-order chi connectivity index (χ0) is 21.4. The SMILES string of the molecule is O=C1C(c2ccc(O)cc2)=COC2CC(O[C@@H]3O[C@H](CO)[C@H](O)[C@H](O)[C@H]3O)CCC12. The van der Waals surface area contributed by atoms with E-state index in [2.05, 4.69) is 0 Å². The highest BCUT2D eigenvalue weighted by atomic mass is 16.7. The van der Waals surface area contributed by atoms with Crippen molar-refractivity contribution in [2.75, 3.05) is 6.61 Å². The third-order valence-corrected chi connectivity index (χ3v) is 6.06. The molecule has 4 rings (SSSR count). The standard InChI is InChI=1S/C21H26O9/c22-8-16-18(25)19(26)20(27)21(30-16)29-12-5-6-13-15(7-12)28-9-14(17(13)24)10-1-3-11(23)4-2-10/h1-4,9,12-13,15-16,18-23,25-27H,5-8H2/t12?,13?,15?,16-,18+,19+,20-,21-/m1/s1. The molecule has 0 spiro atoms. The topological polar surface area (TPSA) is 146 Å². The first-order valence-corrected chi connectivity index (χ1v) is 10.0. The number of allylic oxidation sites excluding steroid dienone is 1. The molecule has 1 aromatic rings. The molecule has 0 bridgehead atoms. The number of Topliss-reactive ketones (excluding diaryl/α,β-unsaturated/α-hetero) is 1. The Morgan fingerprint density at radius 2 is 1.77 bits per heavy atom. The van der Waals surface area contributed by atoms with Crippen LogP contribution in [0.5, 0.6) is 5.75 Å². The lowest BCUT2D eigenvalue weighted by Crippen LogP contribution is -2.60. The van der Waals surface area contributed by atoms with Crippen molar-refractivity contribution in [3.05, 3.63) is 36.1 Å². The number of rotatable bonds is 4. The first-order chi connectivity index (χ1) is 14.4. The van der Waals surface area contributed by atoms with Gasteiger partial charge in [-0.25, -0.2) is 0 Å². The molecule has 9 heteroatoms. The van der Waals surface area contributed by atoms with E-state index in [-0.39, 0.29) is 29.7 Å². The van der Waals surface area contributed by atoms with E-state index in [1.807, 2.05) is 0 Å². The number of aliphatic hydroxyl groups is 4. The normalized spacial score (nSPS) is 39.1. The molecule has 0 amide bonds. The Kier molecular flexibility index (Phi) is 6.10. The fourth-order valence-electron chi connectivity index (χ4n) is 4.30. The van der Waals surface area contributed by atoms with Gasteiger partial charge in [-0.05, 0) is 30.5 Å². The molecule has 1 saturated carbocycles. The first-order valence-electron chi connectivity index (χ1n) is 10.0. The predicted molar refractivity (Wildman–Crippen MR) is 102 cm³/mol. The summed E-state index contributed by atoms with van der Waals surface area (Å²) in [5.74, 6) is -0.232. The van der Waals surface area contributed by atoms with Crippen molar-refractivity contribution < 1.29 is 44.5 Å². The summed E-state index contributed by atoms with van der Waals surface area (Å²) in [5, 5.41) is 48.7. The third-order valence-electron chi connectivity index (χ3n) is 6.06. The summed E-state index contributed by atoms with van der Waals surface area (Å²) in [5.41, 5.74) is 1.14. The molecule has 9 nitrogen and oxygen atoms in total. The Labute approximate surface area is 173 Å². The molecule has 2 fully saturated rings. The number of aromatic hydroxyl groups is 1. The molecule has 5 N–H and O–H groups in total. The maximum atomic E-state index is 12.9. The highest BCUT2D eigenvalue weighted by Gasteiger charge is 2.47. The van der Waals surface area contributed by atoms with Gasteiger partial charge in [0.05, 0.1) is 30.5 Å². The fraction of sp³-hybridized carbons (Fsp3) is 0.571. The van der Waals surface area contributed by atoms with Crippen molar-refractivity contribution in [3.63, 3.8) is 0 Å². The molecule has 8 atom stereocenters. The third kappa shape index (κ3) is 3.96. The molecule has 1 saturated heterocycles. The van der Waals surface area contributed by atoms with E-state index < -0.39 is 37.3 Å². The van der Waals surface area contributed by atoms with Crippen molar-refractivity contribution in [1.82, 2.24) is 0 Å². The summed E-state index contributed by atoms with van der Waals surface area (Å²) in [6.07, 6.45) is -4.55. The van der Waals surface area contributed by atoms with E-state index >= 15 is 0 Å². The van der Waals surface area contributed by atoms with Crippen LogP contribution in [0, 0.1) is 5.92 Å². The van der Waals surface area contributed by atoms with Gasteiger partial charge >= 0.3 is 0 Å². The van der Waals surface area contributed by atoms with Crippen LogP contribution < -0.4 is 0 Å². The van der Waals surface area contributed by atoms with Gasteiger partial charge in [-0.1, -0.05) is 12.1 Å².